The lowest BCUT2D eigenvalue weighted by molar-refractivity contribution is 0.396. The molecular weight excluding hydrogens is 274 g/mol. The summed E-state index contributed by atoms with van der Waals surface area (Å²) in [7, 11) is -3.26. The third kappa shape index (κ3) is 4.31. The van der Waals surface area contributed by atoms with Crippen molar-refractivity contribution in [2.45, 2.75) is 33.7 Å². The largest absolute Gasteiger partial charge is 0.341 e. The monoisotopic (exact) mass is 295 g/mol. The van der Waals surface area contributed by atoms with Crippen LogP contribution < -0.4 is 4.72 Å². The summed E-state index contributed by atoms with van der Waals surface area (Å²) in [4.78, 5) is 7.44. The van der Waals surface area contributed by atoms with Crippen LogP contribution >= 0.6 is 0 Å². The van der Waals surface area contributed by atoms with E-state index in [2.05, 4.69) is 14.7 Å². The Morgan fingerprint density at radius 3 is 2.60 bits per heavy atom. The molecule has 6 heteroatoms. The predicted molar refractivity (Wildman–Crippen MR) is 80.8 cm³/mol. The Bertz CT molecular complexity index is 651. The summed E-state index contributed by atoms with van der Waals surface area (Å²) in [5.41, 5.74) is 1.77. The Balaban J connectivity index is 1.97. The average molecular weight is 295 g/mol. The van der Waals surface area contributed by atoms with Crippen molar-refractivity contribution in [3.63, 3.8) is 0 Å². The Morgan fingerprint density at radius 1 is 1.25 bits per heavy atom. The number of hydrogen-bond acceptors (Lipinski definition) is 3. The first-order chi connectivity index (χ1) is 9.25. The van der Waals surface area contributed by atoms with Gasteiger partial charge in [-0.25, -0.2) is 18.1 Å². The number of H-pyrrole nitrogens is 1. The zero-order valence-corrected chi connectivity index (χ0v) is 12.9. The molecule has 1 heterocycles. The van der Waals surface area contributed by atoms with E-state index in [0.717, 1.165) is 11.0 Å². The van der Waals surface area contributed by atoms with Gasteiger partial charge in [-0.3, -0.25) is 0 Å². The predicted octanol–water partition coefficient (Wildman–Crippen LogP) is 2.42. The highest BCUT2D eigenvalue weighted by Gasteiger charge is 2.17. The van der Waals surface area contributed by atoms with E-state index in [1.54, 1.807) is 0 Å². The van der Waals surface area contributed by atoms with Gasteiger partial charge in [-0.05, 0) is 24.0 Å². The molecule has 0 aliphatic rings. The molecule has 0 saturated carbocycles. The zero-order chi connectivity index (χ0) is 14.8. The third-order valence-corrected chi connectivity index (χ3v) is 4.34. The summed E-state index contributed by atoms with van der Waals surface area (Å²) in [6, 6.07) is 7.63. The summed E-state index contributed by atoms with van der Waals surface area (Å²) in [6.07, 6.45) is 0.627. The van der Waals surface area contributed by atoms with E-state index in [0.29, 0.717) is 12.2 Å². The highest BCUT2D eigenvalue weighted by molar-refractivity contribution is 7.89. The van der Waals surface area contributed by atoms with E-state index in [4.69, 9.17) is 0 Å². The minimum absolute atomic E-state index is 0.00805. The molecule has 0 aliphatic carbocycles. The molecule has 0 radical (unpaired) electrons. The van der Waals surface area contributed by atoms with Crippen LogP contribution in [0.4, 0.5) is 0 Å². The van der Waals surface area contributed by atoms with Gasteiger partial charge in [0.1, 0.15) is 5.82 Å². The molecule has 0 unspecified atom stereocenters. The van der Waals surface area contributed by atoms with Gasteiger partial charge in [0.2, 0.25) is 10.0 Å². The Kier molecular flexibility index (Phi) is 4.15. The molecule has 1 aromatic heterocycles. The number of nitrogens with zero attached hydrogens (tertiary/aromatic N) is 1. The highest BCUT2D eigenvalue weighted by Crippen LogP contribution is 2.19. The lowest BCUT2D eigenvalue weighted by atomic mass is 9.94. The number of aromatic nitrogens is 2. The van der Waals surface area contributed by atoms with Crippen molar-refractivity contribution < 1.29 is 8.42 Å². The van der Waals surface area contributed by atoms with Crippen molar-refractivity contribution in [1.29, 1.82) is 0 Å². The van der Waals surface area contributed by atoms with Crippen molar-refractivity contribution in [2.75, 3.05) is 5.75 Å². The van der Waals surface area contributed by atoms with Crippen molar-refractivity contribution in [2.24, 2.45) is 5.41 Å². The molecule has 20 heavy (non-hydrogen) atoms. The summed E-state index contributed by atoms with van der Waals surface area (Å²) in [5, 5.41) is 0. The van der Waals surface area contributed by atoms with E-state index < -0.39 is 10.0 Å². The minimum atomic E-state index is -3.26. The summed E-state index contributed by atoms with van der Waals surface area (Å²) >= 11 is 0. The summed E-state index contributed by atoms with van der Waals surface area (Å²) in [6.45, 7) is 6.28. The van der Waals surface area contributed by atoms with E-state index in [1.165, 1.54) is 0 Å². The van der Waals surface area contributed by atoms with E-state index in [9.17, 15) is 8.42 Å². The lowest BCUT2D eigenvalue weighted by Crippen LogP contribution is -2.28. The van der Waals surface area contributed by atoms with Crippen LogP contribution in [-0.4, -0.2) is 24.1 Å². The molecule has 2 aromatic rings. The molecule has 0 fully saturated rings. The first-order valence-electron chi connectivity index (χ1n) is 6.66. The molecule has 0 atom stereocenters. The first kappa shape index (κ1) is 15.0. The number of sulfonamides is 1. The third-order valence-electron chi connectivity index (χ3n) is 3.02. The second kappa shape index (κ2) is 5.54. The van der Waals surface area contributed by atoms with Crippen molar-refractivity contribution >= 4 is 21.1 Å². The molecule has 0 amide bonds. The van der Waals surface area contributed by atoms with Crippen molar-refractivity contribution in [3.05, 3.63) is 30.1 Å². The van der Waals surface area contributed by atoms with Crippen LogP contribution in [0.3, 0.4) is 0 Å². The van der Waals surface area contributed by atoms with Gasteiger partial charge in [0.25, 0.3) is 0 Å². The van der Waals surface area contributed by atoms with Crippen LogP contribution in [0.15, 0.2) is 24.3 Å². The summed E-state index contributed by atoms with van der Waals surface area (Å²) < 4.78 is 26.4. The van der Waals surface area contributed by atoms with Crippen LogP contribution in [0.1, 0.15) is 33.0 Å². The minimum Gasteiger partial charge on any atom is -0.341 e. The molecule has 2 N–H and O–H groups in total. The van der Waals surface area contributed by atoms with Crippen LogP contribution in [-0.2, 0) is 16.6 Å². The SMILES string of the molecule is CC(C)(C)CCS(=O)(=O)NCc1nc2ccccc2[nH]1. The second-order valence-electron chi connectivity index (χ2n) is 6.15. The number of fused-ring (bicyclic) bond motifs is 1. The van der Waals surface area contributed by atoms with Crippen LogP contribution in [0.2, 0.25) is 0 Å². The normalized spacial score (nSPS) is 12.9. The van der Waals surface area contributed by atoms with Gasteiger partial charge in [0.15, 0.2) is 0 Å². The highest BCUT2D eigenvalue weighted by atomic mass is 32.2. The Hall–Kier alpha value is -1.40. The van der Waals surface area contributed by atoms with E-state index in [-0.39, 0.29) is 17.7 Å². The number of rotatable bonds is 5. The number of aromatic amines is 1. The number of imidazole rings is 1. The van der Waals surface area contributed by atoms with Gasteiger partial charge in [0.05, 0.1) is 23.3 Å². The Morgan fingerprint density at radius 2 is 1.95 bits per heavy atom. The molecule has 110 valence electrons. The molecule has 0 aliphatic heterocycles. The Labute approximate surface area is 119 Å². The molecule has 2 rings (SSSR count). The fraction of sp³-hybridized carbons (Fsp3) is 0.500. The maximum Gasteiger partial charge on any atom is 0.212 e. The van der Waals surface area contributed by atoms with Gasteiger partial charge >= 0.3 is 0 Å². The van der Waals surface area contributed by atoms with Gasteiger partial charge in [0, 0.05) is 0 Å². The smallest absolute Gasteiger partial charge is 0.212 e. The zero-order valence-electron chi connectivity index (χ0n) is 12.1. The molecule has 0 spiro atoms. The molecule has 0 saturated heterocycles. The van der Waals surface area contributed by atoms with Gasteiger partial charge < -0.3 is 4.98 Å². The number of para-hydroxylation sites is 2. The lowest BCUT2D eigenvalue weighted by Gasteiger charge is -2.17. The molecule has 5 nitrogen and oxygen atoms in total. The van der Waals surface area contributed by atoms with Crippen molar-refractivity contribution in [3.8, 4) is 0 Å². The molecule has 0 bridgehead atoms. The van der Waals surface area contributed by atoms with Gasteiger partial charge in [-0.15, -0.1) is 0 Å². The fourth-order valence-corrected chi connectivity index (χ4v) is 3.16. The standard InChI is InChI=1S/C14H21N3O2S/c1-14(2,3)8-9-20(18,19)15-10-13-16-11-6-4-5-7-12(11)17-13/h4-7,15H,8-10H2,1-3H3,(H,16,17). The number of nitrogens with one attached hydrogen (secondary N) is 2. The fourth-order valence-electron chi connectivity index (χ4n) is 1.78. The van der Waals surface area contributed by atoms with Crippen LogP contribution in [0.25, 0.3) is 11.0 Å². The van der Waals surface area contributed by atoms with E-state index >= 15 is 0 Å². The quantitative estimate of drug-likeness (QED) is 0.889. The van der Waals surface area contributed by atoms with Crippen molar-refractivity contribution in [1.82, 2.24) is 14.7 Å². The summed E-state index contributed by atoms with van der Waals surface area (Å²) in [5.74, 6) is 0.766. The maximum atomic E-state index is 11.9. The number of benzene rings is 1. The average Bonchev–Trinajstić information content (AvgIpc) is 2.76. The molecule has 1 aromatic carbocycles. The van der Waals surface area contributed by atoms with Crippen LogP contribution in [0.5, 0.6) is 0 Å². The second-order valence-corrected chi connectivity index (χ2v) is 8.08. The van der Waals surface area contributed by atoms with Gasteiger partial charge in [-0.1, -0.05) is 32.9 Å². The maximum absolute atomic E-state index is 11.9. The van der Waals surface area contributed by atoms with E-state index in [1.807, 2.05) is 45.0 Å². The van der Waals surface area contributed by atoms with Gasteiger partial charge in [-0.2, -0.15) is 0 Å². The molecular formula is C14H21N3O2S. The number of hydrogen-bond donors (Lipinski definition) is 2. The van der Waals surface area contributed by atoms with Crippen LogP contribution in [0, 0.1) is 5.41 Å². The first-order valence-corrected chi connectivity index (χ1v) is 8.31. The topological polar surface area (TPSA) is 74.8 Å².